The van der Waals surface area contributed by atoms with Crippen molar-refractivity contribution in [1.29, 1.82) is 0 Å². The largest absolute Gasteiger partial charge is 0.327 e. The van der Waals surface area contributed by atoms with Crippen molar-refractivity contribution in [2.24, 2.45) is 11.7 Å². The van der Waals surface area contributed by atoms with Gasteiger partial charge in [0.05, 0.1) is 0 Å². The van der Waals surface area contributed by atoms with E-state index in [1.807, 2.05) is 0 Å². The van der Waals surface area contributed by atoms with Gasteiger partial charge in [0.15, 0.2) is 0 Å². The highest BCUT2D eigenvalue weighted by atomic mass is 14.6. The standard InChI is InChI=1S/C11H21N/c1-9(2)11(12)8-10-6-4-3-5-7-10/h6,9,11H,3-5,7-8,12H2,1-2H3. The van der Waals surface area contributed by atoms with Crippen LogP contribution in [0.2, 0.25) is 0 Å². The molecule has 0 amide bonds. The Kier molecular flexibility index (Phi) is 3.80. The summed E-state index contributed by atoms with van der Waals surface area (Å²) in [5, 5.41) is 0. The lowest BCUT2D eigenvalue weighted by atomic mass is 9.91. The first-order chi connectivity index (χ1) is 5.70. The van der Waals surface area contributed by atoms with E-state index in [-0.39, 0.29) is 0 Å². The van der Waals surface area contributed by atoms with E-state index in [1.165, 1.54) is 25.7 Å². The Morgan fingerprint density at radius 1 is 1.42 bits per heavy atom. The molecule has 1 nitrogen and oxygen atoms in total. The Morgan fingerprint density at radius 3 is 2.67 bits per heavy atom. The van der Waals surface area contributed by atoms with E-state index in [2.05, 4.69) is 19.9 Å². The highest BCUT2D eigenvalue weighted by Crippen LogP contribution is 2.22. The molecule has 70 valence electrons. The summed E-state index contributed by atoms with van der Waals surface area (Å²) in [5.41, 5.74) is 7.61. The van der Waals surface area contributed by atoms with Crippen molar-refractivity contribution < 1.29 is 0 Å². The normalized spacial score (nSPS) is 20.8. The highest BCUT2D eigenvalue weighted by molar-refractivity contribution is 5.06. The zero-order valence-corrected chi connectivity index (χ0v) is 8.34. The lowest BCUT2D eigenvalue weighted by Crippen LogP contribution is -2.26. The van der Waals surface area contributed by atoms with E-state index in [4.69, 9.17) is 5.73 Å². The SMILES string of the molecule is CC(C)C(N)CC1=CCCCC1. The monoisotopic (exact) mass is 167 g/mol. The quantitative estimate of drug-likeness (QED) is 0.643. The molecule has 0 spiro atoms. The maximum atomic E-state index is 6.01. The van der Waals surface area contributed by atoms with Crippen molar-refractivity contribution >= 4 is 0 Å². The number of allylic oxidation sites excluding steroid dienone is 1. The molecule has 0 heterocycles. The van der Waals surface area contributed by atoms with E-state index in [0.29, 0.717) is 12.0 Å². The minimum atomic E-state index is 0.370. The zero-order chi connectivity index (χ0) is 8.97. The average Bonchev–Trinajstić information content (AvgIpc) is 2.06. The van der Waals surface area contributed by atoms with Crippen LogP contribution < -0.4 is 5.73 Å². The second-order valence-electron chi connectivity index (χ2n) is 4.22. The molecule has 0 aromatic heterocycles. The van der Waals surface area contributed by atoms with Gasteiger partial charge in [-0.1, -0.05) is 25.5 Å². The fourth-order valence-corrected chi connectivity index (χ4v) is 1.63. The predicted molar refractivity (Wildman–Crippen MR) is 54.0 cm³/mol. The third-order valence-corrected chi connectivity index (χ3v) is 2.74. The fourth-order valence-electron chi connectivity index (χ4n) is 1.63. The van der Waals surface area contributed by atoms with Gasteiger partial charge in [-0.25, -0.2) is 0 Å². The highest BCUT2D eigenvalue weighted by Gasteiger charge is 2.11. The number of nitrogens with two attached hydrogens (primary N) is 1. The Balaban J connectivity index is 2.34. The maximum absolute atomic E-state index is 6.01. The zero-order valence-electron chi connectivity index (χ0n) is 8.34. The van der Waals surface area contributed by atoms with Crippen molar-refractivity contribution in [3.05, 3.63) is 11.6 Å². The summed E-state index contributed by atoms with van der Waals surface area (Å²) in [7, 11) is 0. The summed E-state index contributed by atoms with van der Waals surface area (Å²) < 4.78 is 0. The fraction of sp³-hybridized carbons (Fsp3) is 0.818. The molecule has 0 aromatic rings. The second-order valence-corrected chi connectivity index (χ2v) is 4.22. The number of hydrogen-bond donors (Lipinski definition) is 1. The van der Waals surface area contributed by atoms with Crippen LogP contribution in [0.5, 0.6) is 0 Å². The Hall–Kier alpha value is -0.300. The van der Waals surface area contributed by atoms with Gasteiger partial charge < -0.3 is 5.73 Å². The first-order valence-corrected chi connectivity index (χ1v) is 5.13. The van der Waals surface area contributed by atoms with Gasteiger partial charge in [-0.3, -0.25) is 0 Å². The van der Waals surface area contributed by atoms with E-state index in [9.17, 15) is 0 Å². The van der Waals surface area contributed by atoms with Gasteiger partial charge in [0, 0.05) is 6.04 Å². The van der Waals surface area contributed by atoms with Crippen LogP contribution in [-0.2, 0) is 0 Å². The summed E-state index contributed by atoms with van der Waals surface area (Å²) in [6, 6.07) is 0.370. The molecule has 0 radical (unpaired) electrons. The van der Waals surface area contributed by atoms with Gasteiger partial charge >= 0.3 is 0 Å². The molecule has 0 saturated heterocycles. The Labute approximate surface area is 76.0 Å². The van der Waals surface area contributed by atoms with Crippen LogP contribution in [0, 0.1) is 5.92 Å². The molecule has 0 aliphatic heterocycles. The maximum Gasteiger partial charge on any atom is 0.00992 e. The van der Waals surface area contributed by atoms with Crippen LogP contribution in [0.3, 0.4) is 0 Å². The van der Waals surface area contributed by atoms with Crippen molar-refractivity contribution in [3.63, 3.8) is 0 Å². The first kappa shape index (κ1) is 9.79. The molecule has 2 N–H and O–H groups in total. The van der Waals surface area contributed by atoms with Crippen LogP contribution in [0.25, 0.3) is 0 Å². The van der Waals surface area contributed by atoms with E-state index in [0.717, 1.165) is 6.42 Å². The Morgan fingerprint density at radius 2 is 2.17 bits per heavy atom. The lowest BCUT2D eigenvalue weighted by molar-refractivity contribution is 0.477. The molecular formula is C11H21N. The third kappa shape index (κ3) is 2.98. The van der Waals surface area contributed by atoms with E-state index in [1.54, 1.807) is 5.57 Å². The third-order valence-electron chi connectivity index (χ3n) is 2.74. The first-order valence-electron chi connectivity index (χ1n) is 5.13. The molecule has 0 aromatic carbocycles. The minimum absolute atomic E-state index is 0.370. The van der Waals surface area contributed by atoms with Gasteiger partial charge in [-0.15, -0.1) is 0 Å². The van der Waals surface area contributed by atoms with Crippen molar-refractivity contribution in [3.8, 4) is 0 Å². The van der Waals surface area contributed by atoms with Gasteiger partial charge in [0.25, 0.3) is 0 Å². The van der Waals surface area contributed by atoms with Crippen LogP contribution in [0.1, 0.15) is 46.0 Å². The van der Waals surface area contributed by atoms with Crippen LogP contribution in [0.4, 0.5) is 0 Å². The topological polar surface area (TPSA) is 26.0 Å². The van der Waals surface area contributed by atoms with Crippen molar-refractivity contribution in [2.45, 2.75) is 52.0 Å². The van der Waals surface area contributed by atoms with E-state index >= 15 is 0 Å². The molecular weight excluding hydrogens is 146 g/mol. The van der Waals surface area contributed by atoms with Gasteiger partial charge in [0.1, 0.15) is 0 Å². The summed E-state index contributed by atoms with van der Waals surface area (Å²) >= 11 is 0. The molecule has 1 atom stereocenters. The van der Waals surface area contributed by atoms with Gasteiger partial charge in [-0.2, -0.15) is 0 Å². The summed E-state index contributed by atoms with van der Waals surface area (Å²) in [4.78, 5) is 0. The van der Waals surface area contributed by atoms with Crippen molar-refractivity contribution in [2.75, 3.05) is 0 Å². The molecule has 1 rings (SSSR count). The average molecular weight is 167 g/mol. The van der Waals surface area contributed by atoms with Crippen LogP contribution >= 0.6 is 0 Å². The minimum Gasteiger partial charge on any atom is -0.327 e. The molecule has 1 aliphatic carbocycles. The summed E-state index contributed by atoms with van der Waals surface area (Å²) in [5.74, 6) is 0.618. The molecule has 12 heavy (non-hydrogen) atoms. The molecule has 0 saturated carbocycles. The van der Waals surface area contributed by atoms with E-state index < -0.39 is 0 Å². The van der Waals surface area contributed by atoms with Gasteiger partial charge in [-0.05, 0) is 38.0 Å². The number of hydrogen-bond acceptors (Lipinski definition) is 1. The molecule has 0 bridgehead atoms. The molecule has 1 heteroatoms. The van der Waals surface area contributed by atoms with Crippen LogP contribution in [0.15, 0.2) is 11.6 Å². The number of rotatable bonds is 3. The molecule has 1 aliphatic rings. The lowest BCUT2D eigenvalue weighted by Gasteiger charge is -2.19. The van der Waals surface area contributed by atoms with Gasteiger partial charge in [0.2, 0.25) is 0 Å². The van der Waals surface area contributed by atoms with Crippen LogP contribution in [-0.4, -0.2) is 6.04 Å². The second kappa shape index (κ2) is 4.66. The summed E-state index contributed by atoms with van der Waals surface area (Å²) in [6.45, 7) is 4.40. The van der Waals surface area contributed by atoms with Crippen molar-refractivity contribution in [1.82, 2.24) is 0 Å². The molecule has 0 fully saturated rings. The smallest absolute Gasteiger partial charge is 0.00992 e. The Bertz CT molecular complexity index is 158. The predicted octanol–water partition coefficient (Wildman–Crippen LogP) is 2.86. The molecule has 1 unspecified atom stereocenters. The summed E-state index contributed by atoms with van der Waals surface area (Å²) in [6.07, 6.45) is 8.83.